The van der Waals surface area contributed by atoms with Crippen molar-refractivity contribution in [2.24, 2.45) is 0 Å². The molecular weight excluding hydrogens is 568 g/mol. The highest BCUT2D eigenvalue weighted by Crippen LogP contribution is 2.35. The average Bonchev–Trinajstić information content (AvgIpc) is 3.70. The van der Waals surface area contributed by atoms with Crippen LogP contribution < -0.4 is 10.6 Å². The summed E-state index contributed by atoms with van der Waals surface area (Å²) in [6, 6.07) is 12.2. The number of aromatic nitrogens is 4. The van der Waals surface area contributed by atoms with Gasteiger partial charge >= 0.3 is 6.03 Å². The van der Waals surface area contributed by atoms with Crippen LogP contribution in [-0.2, 0) is 16.0 Å². The number of halogens is 3. The molecule has 2 aromatic carbocycles. The second-order valence-corrected chi connectivity index (χ2v) is 10.4. The van der Waals surface area contributed by atoms with Crippen molar-refractivity contribution >= 4 is 23.4 Å². The van der Waals surface area contributed by atoms with Crippen LogP contribution in [0.25, 0.3) is 16.9 Å². The first-order valence-electron chi connectivity index (χ1n) is 13.5. The molecule has 1 aliphatic heterocycles. The lowest BCUT2D eigenvalue weighted by Crippen LogP contribution is -2.42. The molecule has 1 saturated heterocycles. The van der Waals surface area contributed by atoms with Crippen molar-refractivity contribution in [3.63, 3.8) is 0 Å². The summed E-state index contributed by atoms with van der Waals surface area (Å²) < 4.78 is 41.4. The van der Waals surface area contributed by atoms with Gasteiger partial charge in [-0.25, -0.2) is 18.3 Å². The molecule has 1 fully saturated rings. The molecule has 222 valence electrons. The van der Waals surface area contributed by atoms with Crippen LogP contribution in [0.4, 0.5) is 19.4 Å². The minimum Gasteiger partial charge on any atom is -0.383 e. The molecule has 2 aromatic heterocycles. The maximum absolute atomic E-state index is 14.1. The third-order valence-electron chi connectivity index (χ3n) is 7.19. The van der Waals surface area contributed by atoms with E-state index in [4.69, 9.17) is 26.2 Å². The number of para-hydroxylation sites is 1. The molecule has 2 amide bonds. The summed E-state index contributed by atoms with van der Waals surface area (Å²) in [6.07, 6.45) is 3.47. The zero-order valence-corrected chi connectivity index (χ0v) is 24.0. The van der Waals surface area contributed by atoms with E-state index in [1.165, 1.54) is 6.07 Å². The normalized spacial score (nSPS) is 17.1. The molecule has 0 radical (unpaired) electrons. The molecule has 10 nitrogen and oxygen atoms in total. The van der Waals surface area contributed by atoms with Gasteiger partial charge in [-0.05, 0) is 29.8 Å². The van der Waals surface area contributed by atoms with E-state index in [1.807, 2.05) is 36.5 Å². The zero-order chi connectivity index (χ0) is 29.6. The first-order chi connectivity index (χ1) is 20.4. The quantitative estimate of drug-likeness (QED) is 0.263. The number of methoxy groups -OCH3 is 2. The van der Waals surface area contributed by atoms with Crippen molar-refractivity contribution in [1.82, 2.24) is 29.8 Å². The van der Waals surface area contributed by atoms with Gasteiger partial charge in [-0.1, -0.05) is 35.9 Å². The van der Waals surface area contributed by atoms with Crippen molar-refractivity contribution in [3.05, 3.63) is 83.1 Å². The van der Waals surface area contributed by atoms with Crippen molar-refractivity contribution in [3.8, 4) is 16.9 Å². The minimum atomic E-state index is -0.928. The van der Waals surface area contributed by atoms with E-state index in [1.54, 1.807) is 35.8 Å². The number of benzene rings is 2. The molecule has 2 atom stereocenters. The van der Waals surface area contributed by atoms with Gasteiger partial charge in [-0.15, -0.1) is 0 Å². The largest absolute Gasteiger partial charge is 0.383 e. The van der Waals surface area contributed by atoms with Gasteiger partial charge in [0, 0.05) is 51.5 Å². The minimum absolute atomic E-state index is 0.241. The fourth-order valence-corrected chi connectivity index (χ4v) is 5.34. The van der Waals surface area contributed by atoms with E-state index in [-0.39, 0.29) is 16.8 Å². The van der Waals surface area contributed by atoms with E-state index >= 15 is 0 Å². The molecule has 3 heterocycles. The second kappa shape index (κ2) is 13.4. The zero-order valence-electron chi connectivity index (χ0n) is 23.3. The number of carbonyl (C=O) groups excluding carboxylic acids is 1. The first kappa shape index (κ1) is 29.6. The Morgan fingerprint density at radius 1 is 1.05 bits per heavy atom. The van der Waals surface area contributed by atoms with Gasteiger partial charge in [-0.2, -0.15) is 10.2 Å². The van der Waals surface area contributed by atoms with E-state index in [0.29, 0.717) is 61.9 Å². The lowest BCUT2D eigenvalue weighted by atomic mass is 9.94. The topological polar surface area (TPSA) is 98.5 Å². The number of rotatable bonds is 11. The van der Waals surface area contributed by atoms with Crippen LogP contribution in [0.5, 0.6) is 0 Å². The number of ether oxygens (including phenoxy) is 2. The van der Waals surface area contributed by atoms with Crippen LogP contribution in [0, 0.1) is 11.6 Å². The van der Waals surface area contributed by atoms with E-state index < -0.39 is 23.7 Å². The Morgan fingerprint density at radius 2 is 1.81 bits per heavy atom. The van der Waals surface area contributed by atoms with Crippen molar-refractivity contribution in [2.45, 2.75) is 18.5 Å². The molecule has 5 rings (SSSR count). The molecule has 0 spiro atoms. The molecule has 1 aliphatic rings. The molecule has 2 N–H and O–H groups in total. The number of amides is 2. The number of likely N-dealkylation sites (tertiary alicyclic amines) is 1. The molecule has 0 bridgehead atoms. The number of urea groups is 1. The van der Waals surface area contributed by atoms with Crippen LogP contribution in [0.2, 0.25) is 5.02 Å². The number of anilines is 1. The van der Waals surface area contributed by atoms with Gasteiger partial charge in [0.25, 0.3) is 0 Å². The third kappa shape index (κ3) is 6.62. The van der Waals surface area contributed by atoms with Crippen molar-refractivity contribution in [2.75, 3.05) is 52.4 Å². The molecule has 0 aliphatic carbocycles. The summed E-state index contributed by atoms with van der Waals surface area (Å²) in [7, 11) is 3.24. The Bertz CT molecular complexity index is 1510. The maximum Gasteiger partial charge on any atom is 0.320 e. The molecule has 4 aromatic rings. The summed E-state index contributed by atoms with van der Waals surface area (Å²) >= 11 is 6.84. The molecular formula is C29H32ClF2N7O3. The van der Waals surface area contributed by atoms with E-state index in [0.717, 1.165) is 6.07 Å². The first-order valence-corrected chi connectivity index (χ1v) is 13.8. The number of hydrogen-bond donors (Lipinski definition) is 2. The third-order valence-corrected chi connectivity index (χ3v) is 7.54. The number of nitrogens with zero attached hydrogens (tertiary/aromatic N) is 5. The summed E-state index contributed by atoms with van der Waals surface area (Å²) in [5.41, 5.74) is 2.42. The number of hydrogen-bond acceptors (Lipinski definition) is 6. The monoisotopic (exact) mass is 599 g/mol. The number of carbonyl (C=O) groups is 1. The highest BCUT2D eigenvalue weighted by molar-refractivity contribution is 6.36. The van der Waals surface area contributed by atoms with Gasteiger partial charge in [-0.3, -0.25) is 14.9 Å². The molecule has 42 heavy (non-hydrogen) atoms. The molecule has 13 heteroatoms. The van der Waals surface area contributed by atoms with Gasteiger partial charge in [0.1, 0.15) is 10.7 Å². The van der Waals surface area contributed by atoms with Crippen LogP contribution >= 0.6 is 11.6 Å². The molecule has 0 unspecified atom stereocenters. The summed E-state index contributed by atoms with van der Waals surface area (Å²) in [6.45, 7) is 3.22. The maximum atomic E-state index is 14.1. The summed E-state index contributed by atoms with van der Waals surface area (Å²) in [5.74, 6) is -1.84. The Hall–Kier alpha value is -3.84. The predicted molar refractivity (Wildman–Crippen MR) is 155 cm³/mol. The fourth-order valence-electron chi connectivity index (χ4n) is 5.07. The van der Waals surface area contributed by atoms with Crippen molar-refractivity contribution in [1.29, 1.82) is 0 Å². The smallest absolute Gasteiger partial charge is 0.320 e. The van der Waals surface area contributed by atoms with E-state index in [2.05, 4.69) is 20.6 Å². The van der Waals surface area contributed by atoms with Gasteiger partial charge < -0.3 is 14.8 Å². The lowest BCUT2D eigenvalue weighted by molar-refractivity contribution is 0.159. The Balaban J connectivity index is 1.41. The highest BCUT2D eigenvalue weighted by atomic mass is 35.5. The van der Waals surface area contributed by atoms with Crippen LogP contribution in [-0.4, -0.2) is 83.6 Å². The summed E-state index contributed by atoms with van der Waals surface area (Å²) in [5, 5.41) is 15.2. The SMILES string of the molecule is COCCN1C[C@@H](NC(=O)Nc2c(Cl)c(-c3cnn(CCOC)c3)nn2-c2ccccc2)[C@H](c2ccc(F)c(F)c2)C1. The standard InChI is InChI=1S/C29H32ClF2N7O3/c1-41-12-10-37-17-22(19-8-9-23(31)24(32)14-19)25(18-37)34-29(40)35-28-26(30)27(20-15-33-38(16-20)11-13-42-2)36-39(28)21-6-4-3-5-7-21/h3-9,14-16,22,25H,10-13,17-18H2,1-2H3,(H2,34,35,40)/t22-,25+/m0/s1. The second-order valence-electron chi connectivity index (χ2n) is 9.98. The van der Waals surface area contributed by atoms with Crippen LogP contribution in [0.3, 0.4) is 0 Å². The molecule has 0 saturated carbocycles. The Morgan fingerprint density at radius 3 is 2.55 bits per heavy atom. The predicted octanol–water partition coefficient (Wildman–Crippen LogP) is 4.55. The highest BCUT2D eigenvalue weighted by Gasteiger charge is 2.35. The lowest BCUT2D eigenvalue weighted by Gasteiger charge is -2.21. The Labute approximate surface area is 247 Å². The fraction of sp³-hybridized carbons (Fsp3) is 0.345. The van der Waals surface area contributed by atoms with Gasteiger partial charge in [0.2, 0.25) is 0 Å². The van der Waals surface area contributed by atoms with Gasteiger partial charge in [0.15, 0.2) is 17.5 Å². The van der Waals surface area contributed by atoms with Crippen LogP contribution in [0.15, 0.2) is 60.9 Å². The summed E-state index contributed by atoms with van der Waals surface area (Å²) in [4.78, 5) is 15.6. The van der Waals surface area contributed by atoms with Gasteiger partial charge in [0.05, 0.1) is 37.7 Å². The average molecular weight is 600 g/mol. The Kier molecular flexibility index (Phi) is 9.48. The number of nitrogens with one attached hydrogen (secondary N) is 2. The van der Waals surface area contributed by atoms with Crippen LogP contribution in [0.1, 0.15) is 11.5 Å². The van der Waals surface area contributed by atoms with E-state index in [9.17, 15) is 13.6 Å². The van der Waals surface area contributed by atoms with Crippen molar-refractivity contribution < 1.29 is 23.0 Å².